The molecule has 26 heavy (non-hydrogen) atoms. The molecule has 1 heterocycles. The Morgan fingerprint density at radius 3 is 2.62 bits per heavy atom. The third kappa shape index (κ3) is 3.72. The van der Waals surface area contributed by atoms with Crippen LogP contribution >= 0.6 is 0 Å². The van der Waals surface area contributed by atoms with Gasteiger partial charge >= 0.3 is 0 Å². The average Bonchev–Trinajstić information content (AvgIpc) is 3.52. The topological polar surface area (TPSA) is 58.6 Å². The average molecular weight is 350 g/mol. The summed E-state index contributed by atoms with van der Waals surface area (Å²) in [7, 11) is 0. The predicted molar refractivity (Wildman–Crippen MR) is 100 cm³/mol. The van der Waals surface area contributed by atoms with Gasteiger partial charge in [0.05, 0.1) is 0 Å². The molecule has 4 rings (SSSR count). The first-order valence-corrected chi connectivity index (χ1v) is 9.13. The van der Waals surface area contributed by atoms with Crippen molar-refractivity contribution < 1.29 is 14.3 Å². The van der Waals surface area contributed by atoms with Crippen molar-refractivity contribution in [3.05, 3.63) is 54.1 Å². The number of hydrogen-bond acceptors (Lipinski definition) is 3. The fraction of sp³-hybridized carbons (Fsp3) is 0.333. The van der Waals surface area contributed by atoms with Crippen molar-refractivity contribution in [1.29, 1.82) is 0 Å². The van der Waals surface area contributed by atoms with E-state index < -0.39 is 0 Å². The van der Waals surface area contributed by atoms with E-state index in [9.17, 15) is 9.59 Å². The molecule has 1 saturated carbocycles. The van der Waals surface area contributed by atoms with Gasteiger partial charge in [-0.15, -0.1) is 0 Å². The van der Waals surface area contributed by atoms with E-state index in [0.717, 1.165) is 43.6 Å². The summed E-state index contributed by atoms with van der Waals surface area (Å²) in [4.78, 5) is 26.1. The summed E-state index contributed by atoms with van der Waals surface area (Å²) in [5.41, 5.74) is 2.96. The summed E-state index contributed by atoms with van der Waals surface area (Å²) in [6, 6.07) is 15.2. The number of aryl methyl sites for hydroxylation is 1. The highest BCUT2D eigenvalue weighted by Crippen LogP contribution is 2.30. The predicted octanol–water partition coefficient (Wildman–Crippen LogP) is 3.39. The molecule has 1 fully saturated rings. The molecule has 0 radical (unpaired) electrons. The number of carbonyl (C=O) groups is 2. The number of amides is 2. The Kier molecular flexibility index (Phi) is 4.61. The fourth-order valence-corrected chi connectivity index (χ4v) is 3.24. The Labute approximate surface area is 153 Å². The minimum Gasteiger partial charge on any atom is -0.484 e. The number of nitrogens with one attached hydrogen (secondary N) is 1. The number of nitrogens with zero attached hydrogens (tertiary/aromatic N) is 1. The number of anilines is 2. The highest BCUT2D eigenvalue weighted by Gasteiger charge is 2.29. The van der Waals surface area contributed by atoms with Gasteiger partial charge in [0.15, 0.2) is 6.61 Å². The lowest BCUT2D eigenvalue weighted by atomic mass is 10.0. The van der Waals surface area contributed by atoms with E-state index in [2.05, 4.69) is 11.4 Å². The maximum Gasteiger partial charge on any atom is 0.264 e. The Morgan fingerprint density at radius 2 is 1.85 bits per heavy atom. The van der Waals surface area contributed by atoms with Crippen LogP contribution in [0.1, 0.15) is 24.8 Å². The second kappa shape index (κ2) is 7.20. The first kappa shape index (κ1) is 16.6. The fourth-order valence-electron chi connectivity index (χ4n) is 3.24. The number of rotatable bonds is 5. The monoisotopic (exact) mass is 350 g/mol. The molecule has 5 heteroatoms. The zero-order valence-electron chi connectivity index (χ0n) is 14.6. The molecule has 2 aliphatic rings. The Balaban J connectivity index is 1.34. The van der Waals surface area contributed by atoms with Crippen LogP contribution in [0.4, 0.5) is 11.4 Å². The summed E-state index contributed by atoms with van der Waals surface area (Å²) >= 11 is 0. The minimum atomic E-state index is -0.0386. The SMILES string of the molecule is O=C(Nc1ccc(OCC(=O)N2CCCc3ccccc32)cc1)C1CC1. The third-order valence-electron chi connectivity index (χ3n) is 4.84. The van der Waals surface area contributed by atoms with E-state index in [0.29, 0.717) is 5.75 Å². The maximum absolute atomic E-state index is 12.6. The molecule has 0 spiro atoms. The highest BCUT2D eigenvalue weighted by atomic mass is 16.5. The Morgan fingerprint density at radius 1 is 1.08 bits per heavy atom. The van der Waals surface area contributed by atoms with Crippen LogP contribution < -0.4 is 15.0 Å². The van der Waals surface area contributed by atoms with E-state index in [1.54, 1.807) is 24.3 Å². The van der Waals surface area contributed by atoms with Gasteiger partial charge in [0.2, 0.25) is 5.91 Å². The van der Waals surface area contributed by atoms with Crippen LogP contribution in [0.3, 0.4) is 0 Å². The third-order valence-corrected chi connectivity index (χ3v) is 4.84. The van der Waals surface area contributed by atoms with Gasteiger partial charge in [-0.25, -0.2) is 0 Å². The van der Waals surface area contributed by atoms with E-state index in [4.69, 9.17) is 4.74 Å². The molecule has 0 aromatic heterocycles. The number of para-hydroxylation sites is 1. The first-order chi connectivity index (χ1) is 12.7. The lowest BCUT2D eigenvalue weighted by Crippen LogP contribution is -2.38. The van der Waals surface area contributed by atoms with Gasteiger partial charge in [-0.05, 0) is 61.6 Å². The summed E-state index contributed by atoms with van der Waals surface area (Å²) in [5.74, 6) is 0.838. The minimum absolute atomic E-state index is 0.00210. The molecule has 134 valence electrons. The first-order valence-electron chi connectivity index (χ1n) is 9.13. The summed E-state index contributed by atoms with van der Waals surface area (Å²) < 4.78 is 5.65. The van der Waals surface area contributed by atoms with E-state index in [1.165, 1.54) is 5.56 Å². The molecule has 2 amide bonds. The van der Waals surface area contributed by atoms with Crippen molar-refractivity contribution in [3.8, 4) is 5.75 Å². The maximum atomic E-state index is 12.6. The lowest BCUT2D eigenvalue weighted by molar-refractivity contribution is -0.120. The van der Waals surface area contributed by atoms with Gasteiger partial charge in [-0.3, -0.25) is 9.59 Å². The van der Waals surface area contributed by atoms with Crippen LogP contribution in [-0.4, -0.2) is 25.0 Å². The Hall–Kier alpha value is -2.82. The van der Waals surface area contributed by atoms with Crippen molar-refractivity contribution in [3.63, 3.8) is 0 Å². The molecule has 0 bridgehead atoms. The van der Waals surface area contributed by atoms with Crippen LogP contribution in [0.5, 0.6) is 5.75 Å². The van der Waals surface area contributed by atoms with Crippen molar-refractivity contribution >= 4 is 23.2 Å². The van der Waals surface area contributed by atoms with Gasteiger partial charge in [0.25, 0.3) is 5.91 Å². The molecule has 5 nitrogen and oxygen atoms in total. The second-order valence-corrected chi connectivity index (χ2v) is 6.85. The number of fused-ring (bicyclic) bond motifs is 1. The van der Waals surface area contributed by atoms with Gasteiger partial charge in [-0.2, -0.15) is 0 Å². The zero-order chi connectivity index (χ0) is 17.9. The molecule has 2 aromatic carbocycles. The number of benzene rings is 2. The number of hydrogen-bond donors (Lipinski definition) is 1. The second-order valence-electron chi connectivity index (χ2n) is 6.85. The van der Waals surface area contributed by atoms with Crippen molar-refractivity contribution in [2.24, 2.45) is 5.92 Å². The Bertz CT molecular complexity index is 812. The van der Waals surface area contributed by atoms with Crippen LogP contribution in [-0.2, 0) is 16.0 Å². The van der Waals surface area contributed by atoms with E-state index >= 15 is 0 Å². The van der Waals surface area contributed by atoms with Gasteiger partial charge in [0.1, 0.15) is 5.75 Å². The molecule has 1 N–H and O–H groups in total. The van der Waals surface area contributed by atoms with Crippen LogP contribution in [0.15, 0.2) is 48.5 Å². The molecule has 0 unspecified atom stereocenters. The zero-order valence-corrected chi connectivity index (χ0v) is 14.6. The van der Waals surface area contributed by atoms with E-state index in [-0.39, 0.29) is 24.3 Å². The van der Waals surface area contributed by atoms with Crippen LogP contribution in [0, 0.1) is 5.92 Å². The number of ether oxygens (including phenoxy) is 1. The standard InChI is InChI=1S/C21H22N2O3/c24-20(23-13-3-5-15-4-1-2-6-19(15)23)14-26-18-11-9-17(10-12-18)22-21(25)16-7-8-16/h1-2,4,6,9-12,16H,3,5,7-8,13-14H2,(H,22,25). The van der Waals surface area contributed by atoms with Crippen molar-refractivity contribution in [2.75, 3.05) is 23.4 Å². The van der Waals surface area contributed by atoms with Crippen LogP contribution in [0.25, 0.3) is 0 Å². The molecule has 1 aliphatic heterocycles. The van der Waals surface area contributed by atoms with Crippen molar-refractivity contribution in [1.82, 2.24) is 0 Å². The van der Waals surface area contributed by atoms with Gasteiger partial charge < -0.3 is 15.0 Å². The highest BCUT2D eigenvalue weighted by molar-refractivity contribution is 5.96. The molecular formula is C21H22N2O3. The quantitative estimate of drug-likeness (QED) is 0.899. The van der Waals surface area contributed by atoms with E-state index in [1.807, 2.05) is 23.1 Å². The molecule has 0 saturated heterocycles. The van der Waals surface area contributed by atoms with Crippen LogP contribution in [0.2, 0.25) is 0 Å². The summed E-state index contributed by atoms with van der Waals surface area (Å²) in [5, 5.41) is 2.89. The smallest absolute Gasteiger partial charge is 0.264 e. The molecular weight excluding hydrogens is 328 g/mol. The lowest BCUT2D eigenvalue weighted by Gasteiger charge is -2.29. The van der Waals surface area contributed by atoms with Gasteiger partial charge in [0, 0.05) is 23.8 Å². The summed E-state index contributed by atoms with van der Waals surface area (Å²) in [6.45, 7) is 0.730. The molecule has 1 aliphatic carbocycles. The largest absolute Gasteiger partial charge is 0.484 e. The van der Waals surface area contributed by atoms with Gasteiger partial charge in [-0.1, -0.05) is 18.2 Å². The normalized spacial score (nSPS) is 15.9. The number of carbonyl (C=O) groups excluding carboxylic acids is 2. The molecule has 2 aromatic rings. The van der Waals surface area contributed by atoms with Crippen molar-refractivity contribution in [2.45, 2.75) is 25.7 Å². The molecule has 0 atom stereocenters. The summed E-state index contributed by atoms with van der Waals surface area (Å²) in [6.07, 6.45) is 3.94.